The van der Waals surface area contributed by atoms with Gasteiger partial charge in [0.15, 0.2) is 0 Å². The molecule has 0 bridgehead atoms. The zero-order valence-corrected chi connectivity index (χ0v) is 17.3. The van der Waals surface area contributed by atoms with E-state index in [1.165, 1.54) is 0 Å². The van der Waals surface area contributed by atoms with Gasteiger partial charge in [0.1, 0.15) is 18.2 Å². The summed E-state index contributed by atoms with van der Waals surface area (Å²) in [6.07, 6.45) is -0.352. The molecular formula is C21H24BrNO4. The zero-order valence-electron chi connectivity index (χ0n) is 15.7. The van der Waals surface area contributed by atoms with Crippen LogP contribution in [0, 0.1) is 0 Å². The van der Waals surface area contributed by atoms with Crippen LogP contribution < -0.4 is 5.32 Å². The number of hydrogen-bond donors (Lipinski definition) is 1. The minimum atomic E-state index is -0.839. The molecule has 1 atom stereocenters. The molecule has 5 nitrogen and oxygen atoms in total. The van der Waals surface area contributed by atoms with Gasteiger partial charge < -0.3 is 14.8 Å². The molecule has 0 spiro atoms. The Kier molecular flexibility index (Phi) is 7.42. The first-order valence-corrected chi connectivity index (χ1v) is 9.47. The Morgan fingerprint density at radius 2 is 1.63 bits per heavy atom. The first-order valence-electron chi connectivity index (χ1n) is 8.67. The summed E-state index contributed by atoms with van der Waals surface area (Å²) < 4.78 is 11.6. The van der Waals surface area contributed by atoms with Gasteiger partial charge in [-0.15, -0.1) is 0 Å². The summed E-state index contributed by atoms with van der Waals surface area (Å²) in [4.78, 5) is 24.7. The van der Waals surface area contributed by atoms with Gasteiger partial charge in [0.2, 0.25) is 0 Å². The molecule has 0 aliphatic rings. The summed E-state index contributed by atoms with van der Waals surface area (Å²) in [5.41, 5.74) is 1.12. The quantitative estimate of drug-likeness (QED) is 0.674. The van der Waals surface area contributed by atoms with Crippen LogP contribution in [0.2, 0.25) is 0 Å². The van der Waals surface area contributed by atoms with Gasteiger partial charge in [-0.25, -0.2) is 9.59 Å². The van der Waals surface area contributed by atoms with Crippen molar-refractivity contribution < 1.29 is 19.1 Å². The fraction of sp³-hybridized carbons (Fsp3) is 0.333. The maximum absolute atomic E-state index is 12.5. The van der Waals surface area contributed by atoms with Crippen molar-refractivity contribution in [1.82, 2.24) is 5.32 Å². The third-order valence-corrected chi connectivity index (χ3v) is 4.08. The molecule has 2 rings (SSSR count). The van der Waals surface area contributed by atoms with E-state index in [-0.39, 0.29) is 6.61 Å². The van der Waals surface area contributed by atoms with E-state index in [1.54, 1.807) is 20.8 Å². The van der Waals surface area contributed by atoms with Gasteiger partial charge in [0, 0.05) is 10.9 Å². The number of halogens is 1. The molecule has 0 aliphatic heterocycles. The van der Waals surface area contributed by atoms with E-state index < -0.39 is 23.7 Å². The van der Waals surface area contributed by atoms with Crippen molar-refractivity contribution >= 4 is 28.0 Å². The largest absolute Gasteiger partial charge is 0.458 e. The van der Waals surface area contributed by atoms with E-state index in [1.807, 2.05) is 54.6 Å². The Hall–Kier alpha value is -2.34. The lowest BCUT2D eigenvalue weighted by molar-refractivity contribution is -0.157. The number of alkyl carbamates (subject to hydrolysis) is 1. The van der Waals surface area contributed by atoms with Crippen molar-refractivity contribution in [2.75, 3.05) is 0 Å². The molecule has 1 N–H and O–H groups in total. The highest BCUT2D eigenvalue weighted by atomic mass is 79.9. The van der Waals surface area contributed by atoms with Gasteiger partial charge in [-0.2, -0.15) is 0 Å². The van der Waals surface area contributed by atoms with Crippen LogP contribution >= 0.6 is 15.9 Å². The number of ether oxygens (including phenoxy) is 2. The first kappa shape index (κ1) is 21.0. The van der Waals surface area contributed by atoms with Gasteiger partial charge in [-0.05, 0) is 44.0 Å². The molecule has 6 heteroatoms. The molecule has 2 aromatic rings. The summed E-state index contributed by atoms with van der Waals surface area (Å²) >= 11 is 3.38. The van der Waals surface area contributed by atoms with Crippen LogP contribution in [0.15, 0.2) is 59.1 Å². The first-order chi connectivity index (χ1) is 12.7. The molecule has 0 fully saturated rings. The van der Waals surface area contributed by atoms with E-state index in [0.717, 1.165) is 15.6 Å². The summed E-state index contributed by atoms with van der Waals surface area (Å²) in [5.74, 6) is -0.498. The second-order valence-electron chi connectivity index (χ2n) is 7.12. The highest BCUT2D eigenvalue weighted by Gasteiger charge is 2.27. The second-order valence-corrected chi connectivity index (χ2v) is 8.04. The predicted octanol–water partition coefficient (Wildman–Crippen LogP) is 4.63. The fourth-order valence-electron chi connectivity index (χ4n) is 2.33. The van der Waals surface area contributed by atoms with E-state index in [9.17, 15) is 9.59 Å². The maximum atomic E-state index is 12.5. The van der Waals surface area contributed by atoms with Crippen molar-refractivity contribution in [1.29, 1.82) is 0 Å². The van der Waals surface area contributed by atoms with Crippen LogP contribution in [-0.2, 0) is 27.3 Å². The van der Waals surface area contributed by atoms with Gasteiger partial charge >= 0.3 is 12.1 Å². The summed E-state index contributed by atoms with van der Waals surface area (Å²) in [6, 6.07) is 16.1. The van der Waals surface area contributed by atoms with Crippen LogP contribution in [-0.4, -0.2) is 23.7 Å². The molecular weight excluding hydrogens is 410 g/mol. The van der Waals surface area contributed by atoms with Crippen LogP contribution in [0.25, 0.3) is 0 Å². The zero-order chi connectivity index (χ0) is 19.9. The number of nitrogens with one attached hydrogen (secondary N) is 1. The average molecular weight is 434 g/mol. The third-order valence-electron chi connectivity index (χ3n) is 3.55. The molecule has 1 amide bonds. The molecule has 0 aromatic heterocycles. The van der Waals surface area contributed by atoms with Crippen molar-refractivity contribution in [2.24, 2.45) is 0 Å². The number of hydrogen-bond acceptors (Lipinski definition) is 4. The Balaban J connectivity index is 2.02. The second kappa shape index (κ2) is 9.55. The Morgan fingerprint density at radius 3 is 2.22 bits per heavy atom. The monoisotopic (exact) mass is 433 g/mol. The van der Waals surface area contributed by atoms with Crippen molar-refractivity contribution in [3.8, 4) is 0 Å². The van der Waals surface area contributed by atoms with Crippen LogP contribution in [0.5, 0.6) is 0 Å². The topological polar surface area (TPSA) is 64.6 Å². The lowest BCUT2D eigenvalue weighted by Gasteiger charge is -2.24. The van der Waals surface area contributed by atoms with Crippen LogP contribution in [0.1, 0.15) is 31.9 Å². The third kappa shape index (κ3) is 7.83. The molecule has 27 heavy (non-hydrogen) atoms. The molecule has 0 radical (unpaired) electrons. The minimum absolute atomic E-state index is 0.131. The summed E-state index contributed by atoms with van der Waals surface area (Å²) in [7, 11) is 0. The SMILES string of the molecule is CC(C)(C)OC(=O)C(Cc1ccc(Br)cc1)NC(=O)OCc1ccccc1. The predicted molar refractivity (Wildman–Crippen MR) is 107 cm³/mol. The summed E-state index contributed by atoms with van der Waals surface area (Å²) in [5, 5.41) is 2.63. The highest BCUT2D eigenvalue weighted by molar-refractivity contribution is 9.10. The maximum Gasteiger partial charge on any atom is 0.408 e. The summed E-state index contributed by atoms with van der Waals surface area (Å²) in [6.45, 7) is 5.49. The van der Waals surface area contributed by atoms with Crippen molar-refractivity contribution in [3.63, 3.8) is 0 Å². The molecule has 2 aromatic carbocycles. The minimum Gasteiger partial charge on any atom is -0.458 e. The number of esters is 1. The number of benzene rings is 2. The number of carbonyl (C=O) groups excluding carboxylic acids is 2. The molecule has 0 saturated heterocycles. The van der Waals surface area contributed by atoms with E-state index in [2.05, 4.69) is 21.2 Å². The van der Waals surface area contributed by atoms with Crippen LogP contribution in [0.3, 0.4) is 0 Å². The molecule has 0 heterocycles. The fourth-order valence-corrected chi connectivity index (χ4v) is 2.59. The molecule has 0 saturated carbocycles. The van der Waals surface area contributed by atoms with Gasteiger partial charge in [-0.1, -0.05) is 58.4 Å². The van der Waals surface area contributed by atoms with E-state index in [4.69, 9.17) is 9.47 Å². The van der Waals surface area contributed by atoms with Gasteiger partial charge in [-0.3, -0.25) is 0 Å². The van der Waals surface area contributed by atoms with Crippen molar-refractivity contribution in [2.45, 2.75) is 45.4 Å². The smallest absolute Gasteiger partial charge is 0.408 e. The Morgan fingerprint density at radius 1 is 1.00 bits per heavy atom. The standard InChI is InChI=1S/C21H24BrNO4/c1-21(2,3)27-19(24)18(13-15-9-11-17(22)12-10-15)23-20(25)26-14-16-7-5-4-6-8-16/h4-12,18H,13-14H2,1-3H3,(H,23,25). The Labute approximate surface area is 168 Å². The van der Waals surface area contributed by atoms with Gasteiger partial charge in [0.25, 0.3) is 0 Å². The van der Waals surface area contributed by atoms with E-state index in [0.29, 0.717) is 6.42 Å². The highest BCUT2D eigenvalue weighted by Crippen LogP contribution is 2.15. The number of rotatable bonds is 6. The van der Waals surface area contributed by atoms with Crippen molar-refractivity contribution in [3.05, 3.63) is 70.2 Å². The van der Waals surface area contributed by atoms with Crippen LogP contribution in [0.4, 0.5) is 4.79 Å². The number of carbonyl (C=O) groups is 2. The molecule has 0 aliphatic carbocycles. The number of amides is 1. The van der Waals surface area contributed by atoms with Gasteiger partial charge in [0.05, 0.1) is 0 Å². The average Bonchev–Trinajstić information content (AvgIpc) is 2.60. The molecule has 1 unspecified atom stereocenters. The normalized spacial score (nSPS) is 12.1. The lowest BCUT2D eigenvalue weighted by Crippen LogP contribution is -2.45. The molecule has 144 valence electrons. The Bertz CT molecular complexity index is 754. The van der Waals surface area contributed by atoms with E-state index >= 15 is 0 Å². The lowest BCUT2D eigenvalue weighted by atomic mass is 10.1.